The molecule has 3 aromatic carbocycles. The molecule has 0 bridgehead atoms. The second kappa shape index (κ2) is 4.99. The van der Waals surface area contributed by atoms with Crippen LogP contribution >= 0.6 is 0 Å². The first-order valence-electron chi connectivity index (χ1n) is 8.15. The number of hydrogen-bond acceptors (Lipinski definition) is 0. The topological polar surface area (TPSA) is 4.93 Å². The van der Waals surface area contributed by atoms with E-state index in [9.17, 15) is 0 Å². The summed E-state index contributed by atoms with van der Waals surface area (Å²) in [7, 11) is 0. The standard InChI is InChI=1S/C22H21N/c1-22(2,3)16-13-14-19-18-11-7-8-12-20(18)23(21(19)15-16)17-9-5-4-6-10-17/h4-15H,1-3H3. The molecule has 4 rings (SSSR count). The Hall–Kier alpha value is -2.54. The lowest BCUT2D eigenvalue weighted by Crippen LogP contribution is -2.10. The van der Waals surface area contributed by atoms with Crippen LogP contribution in [0.25, 0.3) is 27.5 Å². The number of aromatic nitrogens is 1. The molecule has 0 aliphatic carbocycles. The summed E-state index contributed by atoms with van der Waals surface area (Å²) in [5.74, 6) is 0. The van der Waals surface area contributed by atoms with Gasteiger partial charge in [0.2, 0.25) is 0 Å². The molecule has 114 valence electrons. The van der Waals surface area contributed by atoms with Crippen molar-refractivity contribution >= 4 is 21.8 Å². The summed E-state index contributed by atoms with van der Waals surface area (Å²) >= 11 is 0. The van der Waals surface area contributed by atoms with Gasteiger partial charge in [-0.2, -0.15) is 0 Å². The van der Waals surface area contributed by atoms with Gasteiger partial charge in [0.15, 0.2) is 0 Å². The Morgan fingerprint density at radius 2 is 1.30 bits per heavy atom. The molecule has 0 spiro atoms. The molecular formula is C22H21N. The van der Waals surface area contributed by atoms with Gasteiger partial charge < -0.3 is 4.57 Å². The maximum atomic E-state index is 2.37. The lowest BCUT2D eigenvalue weighted by molar-refractivity contribution is 0.591. The molecule has 0 fully saturated rings. The van der Waals surface area contributed by atoms with Crippen molar-refractivity contribution in [2.45, 2.75) is 26.2 Å². The van der Waals surface area contributed by atoms with E-state index in [1.807, 2.05) is 0 Å². The third kappa shape index (κ3) is 2.24. The quantitative estimate of drug-likeness (QED) is 0.401. The fourth-order valence-corrected chi connectivity index (χ4v) is 3.29. The van der Waals surface area contributed by atoms with E-state index < -0.39 is 0 Å². The normalized spacial score (nSPS) is 12.1. The zero-order chi connectivity index (χ0) is 16.0. The summed E-state index contributed by atoms with van der Waals surface area (Å²) in [6.45, 7) is 6.80. The molecule has 0 aliphatic rings. The molecule has 0 atom stereocenters. The fourth-order valence-electron chi connectivity index (χ4n) is 3.29. The molecule has 0 N–H and O–H groups in total. The molecule has 0 saturated carbocycles. The summed E-state index contributed by atoms with van der Waals surface area (Å²) < 4.78 is 2.37. The SMILES string of the molecule is CC(C)(C)c1ccc2c3ccccc3n(-c3ccccc3)c2c1. The Balaban J connectivity index is 2.15. The van der Waals surface area contributed by atoms with Crippen molar-refractivity contribution in [2.75, 3.05) is 0 Å². The highest BCUT2D eigenvalue weighted by atomic mass is 15.0. The van der Waals surface area contributed by atoms with Gasteiger partial charge in [0, 0.05) is 16.5 Å². The third-order valence-corrected chi connectivity index (χ3v) is 4.55. The number of nitrogens with zero attached hydrogens (tertiary/aromatic N) is 1. The minimum absolute atomic E-state index is 0.145. The Kier molecular flexibility index (Phi) is 3.05. The average molecular weight is 299 g/mol. The van der Waals surface area contributed by atoms with Gasteiger partial charge in [-0.15, -0.1) is 0 Å². The molecule has 1 heterocycles. The van der Waals surface area contributed by atoms with Gasteiger partial charge in [0.1, 0.15) is 0 Å². The first kappa shape index (κ1) is 14.1. The summed E-state index contributed by atoms with van der Waals surface area (Å²) in [6, 6.07) is 26.2. The molecule has 0 saturated heterocycles. The highest BCUT2D eigenvalue weighted by Crippen LogP contribution is 2.34. The number of benzene rings is 3. The monoisotopic (exact) mass is 299 g/mol. The van der Waals surface area contributed by atoms with E-state index in [0.29, 0.717) is 0 Å². The first-order chi connectivity index (χ1) is 11.1. The largest absolute Gasteiger partial charge is 0.309 e. The predicted molar refractivity (Wildman–Crippen MR) is 99.5 cm³/mol. The van der Waals surface area contributed by atoms with Crippen LogP contribution in [0.2, 0.25) is 0 Å². The molecule has 0 aliphatic heterocycles. The molecular weight excluding hydrogens is 278 g/mol. The van der Waals surface area contributed by atoms with Crippen molar-refractivity contribution in [3.8, 4) is 5.69 Å². The van der Waals surface area contributed by atoms with Gasteiger partial charge in [-0.3, -0.25) is 0 Å². The van der Waals surface area contributed by atoms with Gasteiger partial charge in [-0.05, 0) is 35.2 Å². The van der Waals surface area contributed by atoms with Crippen LogP contribution in [-0.4, -0.2) is 4.57 Å². The van der Waals surface area contributed by atoms with Gasteiger partial charge in [-0.25, -0.2) is 0 Å². The summed E-state index contributed by atoms with van der Waals surface area (Å²) in [6.07, 6.45) is 0. The first-order valence-corrected chi connectivity index (χ1v) is 8.15. The van der Waals surface area contributed by atoms with Crippen molar-refractivity contribution in [3.63, 3.8) is 0 Å². The van der Waals surface area contributed by atoms with Crippen molar-refractivity contribution in [3.05, 3.63) is 78.4 Å². The van der Waals surface area contributed by atoms with E-state index in [2.05, 4.69) is 98.1 Å². The maximum Gasteiger partial charge on any atom is 0.0544 e. The second-order valence-electron chi connectivity index (χ2n) is 7.17. The Bertz CT molecular complexity index is 985. The van der Waals surface area contributed by atoms with E-state index in [1.54, 1.807) is 0 Å². The van der Waals surface area contributed by atoms with E-state index >= 15 is 0 Å². The summed E-state index contributed by atoms with van der Waals surface area (Å²) in [4.78, 5) is 0. The zero-order valence-corrected chi connectivity index (χ0v) is 13.9. The van der Waals surface area contributed by atoms with Crippen LogP contribution in [0, 0.1) is 0 Å². The minimum Gasteiger partial charge on any atom is -0.309 e. The van der Waals surface area contributed by atoms with Gasteiger partial charge in [0.05, 0.1) is 11.0 Å². The summed E-state index contributed by atoms with van der Waals surface area (Å²) in [5, 5.41) is 2.63. The van der Waals surface area contributed by atoms with Gasteiger partial charge >= 0.3 is 0 Å². The maximum absolute atomic E-state index is 2.37. The van der Waals surface area contributed by atoms with Gasteiger partial charge in [-0.1, -0.05) is 69.3 Å². The highest BCUT2D eigenvalue weighted by Gasteiger charge is 2.17. The molecule has 0 radical (unpaired) electrons. The number of hydrogen-bond donors (Lipinski definition) is 0. The van der Waals surface area contributed by atoms with E-state index in [4.69, 9.17) is 0 Å². The van der Waals surface area contributed by atoms with Crippen LogP contribution in [0.15, 0.2) is 72.8 Å². The molecule has 0 unspecified atom stereocenters. The van der Waals surface area contributed by atoms with Crippen LogP contribution in [0.5, 0.6) is 0 Å². The third-order valence-electron chi connectivity index (χ3n) is 4.55. The van der Waals surface area contributed by atoms with E-state index in [0.717, 1.165) is 0 Å². The molecule has 1 nitrogen and oxygen atoms in total. The van der Waals surface area contributed by atoms with Crippen LogP contribution in [0.4, 0.5) is 0 Å². The lowest BCUT2D eigenvalue weighted by atomic mass is 9.86. The highest BCUT2D eigenvalue weighted by molar-refractivity contribution is 6.09. The number of rotatable bonds is 1. The van der Waals surface area contributed by atoms with Crippen molar-refractivity contribution < 1.29 is 0 Å². The molecule has 23 heavy (non-hydrogen) atoms. The van der Waals surface area contributed by atoms with Crippen LogP contribution in [0.1, 0.15) is 26.3 Å². The average Bonchev–Trinajstić information content (AvgIpc) is 2.88. The van der Waals surface area contributed by atoms with Crippen molar-refractivity contribution in [2.24, 2.45) is 0 Å². The fraction of sp³-hybridized carbons (Fsp3) is 0.182. The molecule has 1 heteroatoms. The smallest absolute Gasteiger partial charge is 0.0544 e. The molecule has 1 aromatic heterocycles. The predicted octanol–water partition coefficient (Wildman–Crippen LogP) is 6.08. The zero-order valence-electron chi connectivity index (χ0n) is 13.9. The van der Waals surface area contributed by atoms with Crippen molar-refractivity contribution in [1.29, 1.82) is 0 Å². The number of fused-ring (bicyclic) bond motifs is 3. The van der Waals surface area contributed by atoms with E-state index in [-0.39, 0.29) is 5.41 Å². The van der Waals surface area contributed by atoms with Crippen LogP contribution in [0.3, 0.4) is 0 Å². The van der Waals surface area contributed by atoms with Crippen LogP contribution in [-0.2, 0) is 5.41 Å². The Labute approximate surface area is 137 Å². The summed E-state index contributed by atoms with van der Waals surface area (Å²) in [5.41, 5.74) is 5.27. The van der Waals surface area contributed by atoms with Gasteiger partial charge in [0.25, 0.3) is 0 Å². The molecule has 0 amide bonds. The second-order valence-corrected chi connectivity index (χ2v) is 7.17. The lowest BCUT2D eigenvalue weighted by Gasteiger charge is -2.19. The Morgan fingerprint density at radius 1 is 0.652 bits per heavy atom. The number of para-hydroxylation sites is 2. The Morgan fingerprint density at radius 3 is 2.04 bits per heavy atom. The minimum atomic E-state index is 0.145. The van der Waals surface area contributed by atoms with Crippen molar-refractivity contribution in [1.82, 2.24) is 4.57 Å². The van der Waals surface area contributed by atoms with E-state index in [1.165, 1.54) is 33.1 Å². The molecule has 4 aromatic rings. The van der Waals surface area contributed by atoms with Crippen LogP contribution < -0.4 is 0 Å².